The van der Waals surface area contributed by atoms with Gasteiger partial charge in [-0.2, -0.15) is 16.7 Å². The molecule has 0 aliphatic heterocycles. The lowest BCUT2D eigenvalue weighted by Gasteiger charge is -1.98. The fourth-order valence-corrected chi connectivity index (χ4v) is 1.89. The molecule has 90 valence electrons. The van der Waals surface area contributed by atoms with Gasteiger partial charge in [0, 0.05) is 12.1 Å². The molecule has 1 aromatic carbocycles. The zero-order chi connectivity index (χ0) is 12.1. The topological polar surface area (TPSA) is 64.9 Å². The molecule has 0 unspecified atom stereocenters. The number of rotatable bonds is 5. The number of anilines is 1. The molecule has 0 saturated heterocycles. The highest BCUT2D eigenvalue weighted by Crippen LogP contribution is 2.10. The molecule has 0 saturated carbocycles. The van der Waals surface area contributed by atoms with Crippen molar-refractivity contribution in [1.29, 1.82) is 0 Å². The summed E-state index contributed by atoms with van der Waals surface area (Å²) in [6, 6.07) is 7.85. The summed E-state index contributed by atoms with van der Waals surface area (Å²) in [5, 5.41) is 3.91. The zero-order valence-electron chi connectivity index (χ0n) is 9.72. The van der Waals surface area contributed by atoms with E-state index in [1.165, 1.54) is 5.56 Å². The highest BCUT2D eigenvalue weighted by molar-refractivity contribution is 7.97. The molecule has 0 atom stereocenters. The molecule has 0 aliphatic carbocycles. The Balaban J connectivity index is 1.90. The van der Waals surface area contributed by atoms with Gasteiger partial charge < -0.3 is 10.3 Å². The number of aromatic nitrogens is 2. The number of aryl methyl sites for hydroxylation is 2. The van der Waals surface area contributed by atoms with Crippen LogP contribution in [0.5, 0.6) is 0 Å². The molecule has 0 bridgehead atoms. The van der Waals surface area contributed by atoms with Crippen LogP contribution < -0.4 is 5.73 Å². The van der Waals surface area contributed by atoms with Crippen molar-refractivity contribution in [2.45, 2.75) is 18.6 Å². The molecule has 1 heterocycles. The monoisotopic (exact) mass is 249 g/mol. The fraction of sp³-hybridized carbons (Fsp3) is 0.333. The van der Waals surface area contributed by atoms with Gasteiger partial charge in [-0.25, -0.2) is 0 Å². The Bertz CT molecular complexity index is 467. The van der Waals surface area contributed by atoms with E-state index in [0.717, 1.165) is 30.1 Å². The van der Waals surface area contributed by atoms with E-state index in [9.17, 15) is 0 Å². The molecule has 1 aromatic heterocycles. The number of benzene rings is 1. The minimum Gasteiger partial charge on any atom is -0.399 e. The van der Waals surface area contributed by atoms with Crippen molar-refractivity contribution in [3.63, 3.8) is 0 Å². The van der Waals surface area contributed by atoms with Crippen LogP contribution in [-0.4, -0.2) is 16.4 Å². The first-order chi connectivity index (χ1) is 8.28. The predicted molar refractivity (Wildman–Crippen MR) is 69.8 cm³/mol. The maximum atomic E-state index is 5.63. The minimum atomic E-state index is 0.700. The maximum absolute atomic E-state index is 5.63. The van der Waals surface area contributed by atoms with Crippen LogP contribution in [0.1, 0.15) is 17.3 Å². The van der Waals surface area contributed by atoms with Gasteiger partial charge in [0.15, 0.2) is 5.82 Å². The molecule has 4 nitrogen and oxygen atoms in total. The number of thioether (sulfide) groups is 1. The molecular weight excluding hydrogens is 234 g/mol. The Morgan fingerprint density at radius 3 is 2.71 bits per heavy atom. The Morgan fingerprint density at radius 2 is 2.00 bits per heavy atom. The molecule has 2 rings (SSSR count). The number of hydrogen-bond acceptors (Lipinski definition) is 5. The second-order valence-corrected chi connectivity index (χ2v) is 4.64. The first-order valence-electron chi connectivity index (χ1n) is 5.43. The van der Waals surface area contributed by atoms with Crippen LogP contribution >= 0.6 is 11.8 Å². The molecule has 0 amide bonds. The van der Waals surface area contributed by atoms with Crippen molar-refractivity contribution in [2.24, 2.45) is 0 Å². The second-order valence-electron chi connectivity index (χ2n) is 3.78. The SMILES string of the molecule is CSCc1noc(CCc2ccc(N)cc2)n1. The summed E-state index contributed by atoms with van der Waals surface area (Å²) in [5.74, 6) is 2.27. The van der Waals surface area contributed by atoms with Gasteiger partial charge in [-0.1, -0.05) is 17.3 Å². The third-order valence-corrected chi connectivity index (χ3v) is 2.94. The Labute approximate surface area is 105 Å². The Kier molecular flexibility index (Phi) is 4.03. The summed E-state index contributed by atoms with van der Waals surface area (Å²) in [6.45, 7) is 0. The van der Waals surface area contributed by atoms with Crippen molar-refractivity contribution >= 4 is 17.4 Å². The van der Waals surface area contributed by atoms with Gasteiger partial charge in [0.05, 0.1) is 5.75 Å². The molecule has 17 heavy (non-hydrogen) atoms. The van der Waals surface area contributed by atoms with E-state index < -0.39 is 0 Å². The van der Waals surface area contributed by atoms with Gasteiger partial charge in [0.1, 0.15) is 0 Å². The van der Waals surface area contributed by atoms with Crippen molar-refractivity contribution < 1.29 is 4.52 Å². The van der Waals surface area contributed by atoms with Crippen LogP contribution in [0.2, 0.25) is 0 Å². The largest absolute Gasteiger partial charge is 0.399 e. The molecule has 5 heteroatoms. The van der Waals surface area contributed by atoms with Crippen molar-refractivity contribution in [2.75, 3.05) is 12.0 Å². The summed E-state index contributed by atoms with van der Waals surface area (Å²) < 4.78 is 5.16. The van der Waals surface area contributed by atoms with E-state index >= 15 is 0 Å². The van der Waals surface area contributed by atoms with Crippen LogP contribution in [0.4, 0.5) is 5.69 Å². The third-order valence-electron chi connectivity index (χ3n) is 2.39. The van der Waals surface area contributed by atoms with Gasteiger partial charge in [-0.05, 0) is 30.4 Å². The number of nitrogens with zero attached hydrogens (tertiary/aromatic N) is 2. The average molecular weight is 249 g/mol. The first-order valence-corrected chi connectivity index (χ1v) is 6.82. The van der Waals surface area contributed by atoms with Crippen LogP contribution in [0.3, 0.4) is 0 Å². The maximum Gasteiger partial charge on any atom is 0.227 e. The molecule has 0 fully saturated rings. The van der Waals surface area contributed by atoms with Gasteiger partial charge in [-0.15, -0.1) is 0 Å². The number of nitrogens with two attached hydrogens (primary N) is 1. The van der Waals surface area contributed by atoms with E-state index in [-0.39, 0.29) is 0 Å². The molecule has 0 spiro atoms. The smallest absolute Gasteiger partial charge is 0.227 e. The van der Waals surface area contributed by atoms with E-state index in [1.807, 2.05) is 30.5 Å². The van der Waals surface area contributed by atoms with Gasteiger partial charge in [0.25, 0.3) is 0 Å². The van der Waals surface area contributed by atoms with E-state index in [1.54, 1.807) is 11.8 Å². The average Bonchev–Trinajstić information content (AvgIpc) is 2.77. The standard InChI is InChI=1S/C12H15N3OS/c1-17-8-11-14-12(16-15-11)7-4-9-2-5-10(13)6-3-9/h2-3,5-6H,4,7-8,13H2,1H3. The fourth-order valence-electron chi connectivity index (χ4n) is 1.51. The summed E-state index contributed by atoms with van der Waals surface area (Å²) in [5.41, 5.74) is 7.64. The highest BCUT2D eigenvalue weighted by atomic mass is 32.2. The van der Waals surface area contributed by atoms with Gasteiger partial charge in [-0.3, -0.25) is 0 Å². The minimum absolute atomic E-state index is 0.700. The van der Waals surface area contributed by atoms with Gasteiger partial charge in [0.2, 0.25) is 5.89 Å². The summed E-state index contributed by atoms with van der Waals surface area (Å²) >= 11 is 1.69. The molecule has 0 aliphatic rings. The van der Waals surface area contributed by atoms with Gasteiger partial charge >= 0.3 is 0 Å². The third kappa shape index (κ3) is 3.49. The van der Waals surface area contributed by atoms with E-state index in [2.05, 4.69) is 10.1 Å². The molecule has 0 radical (unpaired) electrons. The molecular formula is C12H15N3OS. The van der Waals surface area contributed by atoms with Crippen molar-refractivity contribution in [3.8, 4) is 0 Å². The summed E-state index contributed by atoms with van der Waals surface area (Å²) in [4.78, 5) is 4.31. The van der Waals surface area contributed by atoms with Crippen LogP contribution in [0, 0.1) is 0 Å². The van der Waals surface area contributed by atoms with Crippen LogP contribution in [0.15, 0.2) is 28.8 Å². The van der Waals surface area contributed by atoms with Crippen LogP contribution in [-0.2, 0) is 18.6 Å². The van der Waals surface area contributed by atoms with E-state index in [0.29, 0.717) is 5.89 Å². The lowest BCUT2D eigenvalue weighted by atomic mass is 10.1. The van der Waals surface area contributed by atoms with Crippen LogP contribution in [0.25, 0.3) is 0 Å². The Hall–Kier alpha value is -1.49. The number of hydrogen-bond donors (Lipinski definition) is 1. The van der Waals surface area contributed by atoms with Crippen molar-refractivity contribution in [3.05, 3.63) is 41.5 Å². The lowest BCUT2D eigenvalue weighted by molar-refractivity contribution is 0.374. The number of nitrogen functional groups attached to an aromatic ring is 1. The molecule has 2 aromatic rings. The molecule has 2 N–H and O–H groups in total. The van der Waals surface area contributed by atoms with E-state index in [4.69, 9.17) is 10.3 Å². The highest BCUT2D eigenvalue weighted by Gasteiger charge is 2.05. The predicted octanol–water partition coefficient (Wildman–Crippen LogP) is 2.30. The summed E-state index contributed by atoms with van der Waals surface area (Å²) in [7, 11) is 0. The first kappa shape index (κ1) is 12.0. The quantitative estimate of drug-likeness (QED) is 0.824. The van der Waals surface area contributed by atoms with Crippen molar-refractivity contribution in [1.82, 2.24) is 10.1 Å². The second kappa shape index (κ2) is 5.72. The normalized spacial score (nSPS) is 10.6. The summed E-state index contributed by atoms with van der Waals surface area (Å²) in [6.07, 6.45) is 3.68. The lowest BCUT2D eigenvalue weighted by Crippen LogP contribution is -1.93. The zero-order valence-corrected chi connectivity index (χ0v) is 10.5. The Morgan fingerprint density at radius 1 is 1.24 bits per heavy atom.